The van der Waals surface area contributed by atoms with Crippen molar-refractivity contribution in [2.75, 3.05) is 25.2 Å². The Bertz CT molecular complexity index is 609. The number of aromatic nitrogens is 2. The zero-order valence-corrected chi connectivity index (χ0v) is 15.0. The van der Waals surface area contributed by atoms with Crippen LogP contribution >= 0.6 is 11.8 Å². The van der Waals surface area contributed by atoms with E-state index in [2.05, 4.69) is 27.2 Å². The van der Waals surface area contributed by atoms with Crippen LogP contribution in [0.1, 0.15) is 31.6 Å². The minimum Gasteiger partial charge on any atom is -0.497 e. The lowest BCUT2D eigenvalue weighted by Gasteiger charge is -2.10. The van der Waals surface area contributed by atoms with E-state index in [1.807, 2.05) is 24.3 Å². The van der Waals surface area contributed by atoms with Gasteiger partial charge in [0, 0.05) is 23.8 Å². The summed E-state index contributed by atoms with van der Waals surface area (Å²) < 4.78 is 10.5. The van der Waals surface area contributed by atoms with Gasteiger partial charge in [0.15, 0.2) is 0 Å². The van der Waals surface area contributed by atoms with Crippen molar-refractivity contribution < 1.29 is 9.26 Å². The van der Waals surface area contributed by atoms with E-state index in [4.69, 9.17) is 9.26 Å². The Balaban J connectivity index is 1.36. The van der Waals surface area contributed by atoms with Crippen LogP contribution in [0.2, 0.25) is 0 Å². The van der Waals surface area contributed by atoms with Crippen LogP contribution in [-0.4, -0.2) is 41.3 Å². The first kappa shape index (κ1) is 17.3. The van der Waals surface area contributed by atoms with Crippen molar-refractivity contribution in [3.63, 3.8) is 0 Å². The van der Waals surface area contributed by atoms with Gasteiger partial charge in [0.2, 0.25) is 11.7 Å². The maximum atomic E-state index is 5.35. The quantitative estimate of drug-likeness (QED) is 0.700. The molecule has 0 spiro atoms. The monoisotopic (exact) mass is 347 g/mol. The number of aryl methyl sites for hydroxylation is 1. The molecule has 0 bridgehead atoms. The molecule has 1 aliphatic heterocycles. The van der Waals surface area contributed by atoms with E-state index in [0.717, 1.165) is 42.6 Å². The number of hydrogen-bond acceptors (Lipinski definition) is 6. The van der Waals surface area contributed by atoms with Crippen molar-refractivity contribution in [3.05, 3.63) is 30.2 Å². The van der Waals surface area contributed by atoms with E-state index in [1.165, 1.54) is 30.8 Å². The Hall–Kier alpha value is -1.53. The lowest BCUT2D eigenvalue weighted by Crippen LogP contribution is -2.29. The van der Waals surface area contributed by atoms with Gasteiger partial charge in [-0.05, 0) is 55.8 Å². The summed E-state index contributed by atoms with van der Waals surface area (Å²) in [6.07, 6.45) is 5.66. The van der Waals surface area contributed by atoms with Gasteiger partial charge in [-0.3, -0.25) is 0 Å². The Morgan fingerprint density at radius 2 is 2.12 bits per heavy atom. The molecule has 1 aliphatic rings. The smallest absolute Gasteiger partial charge is 0.226 e. The van der Waals surface area contributed by atoms with Crippen LogP contribution in [0.25, 0.3) is 11.4 Å². The summed E-state index contributed by atoms with van der Waals surface area (Å²) in [5.41, 5.74) is 0.949. The van der Waals surface area contributed by atoms with Gasteiger partial charge in [-0.2, -0.15) is 16.7 Å². The molecule has 1 atom stereocenters. The third-order valence-corrected chi connectivity index (χ3v) is 5.41. The first-order chi connectivity index (χ1) is 11.8. The molecule has 2 aromatic rings. The SMILES string of the molecule is COc1ccc(-c2noc(CCCCCN[C@@H]3CCSC3)n2)cc1. The number of unbranched alkanes of at least 4 members (excludes halogenated alkanes) is 2. The molecule has 1 saturated heterocycles. The average molecular weight is 347 g/mol. The van der Waals surface area contributed by atoms with Gasteiger partial charge in [-0.25, -0.2) is 0 Å². The van der Waals surface area contributed by atoms with E-state index < -0.39 is 0 Å². The highest BCUT2D eigenvalue weighted by Gasteiger charge is 2.13. The number of nitrogens with zero attached hydrogens (tertiary/aromatic N) is 2. The summed E-state index contributed by atoms with van der Waals surface area (Å²) in [7, 11) is 1.66. The Labute approximate surface area is 147 Å². The zero-order valence-electron chi connectivity index (χ0n) is 14.2. The van der Waals surface area contributed by atoms with Crippen LogP contribution in [0.3, 0.4) is 0 Å². The van der Waals surface area contributed by atoms with Crippen LogP contribution in [0.4, 0.5) is 0 Å². The van der Waals surface area contributed by atoms with Gasteiger partial charge >= 0.3 is 0 Å². The molecule has 1 aromatic carbocycles. The van der Waals surface area contributed by atoms with Crippen LogP contribution < -0.4 is 10.1 Å². The number of nitrogens with one attached hydrogen (secondary N) is 1. The predicted octanol–water partition coefficient (Wildman–Crippen LogP) is 3.55. The summed E-state index contributed by atoms with van der Waals surface area (Å²) >= 11 is 2.05. The lowest BCUT2D eigenvalue weighted by molar-refractivity contribution is 0.373. The van der Waals surface area contributed by atoms with E-state index in [0.29, 0.717) is 5.82 Å². The number of methoxy groups -OCH3 is 1. The van der Waals surface area contributed by atoms with Crippen LogP contribution in [0.5, 0.6) is 5.75 Å². The van der Waals surface area contributed by atoms with Crippen molar-refractivity contribution >= 4 is 11.8 Å². The predicted molar refractivity (Wildman–Crippen MR) is 97.6 cm³/mol. The molecule has 1 aromatic heterocycles. The standard InChI is InChI=1S/C18H25N3O2S/c1-22-16-8-6-14(7-9-16)18-20-17(23-21-18)5-3-2-4-11-19-15-10-12-24-13-15/h6-9,15,19H,2-5,10-13H2,1H3/t15-/m1/s1. The van der Waals surface area contributed by atoms with Crippen molar-refractivity contribution in [2.45, 2.75) is 38.1 Å². The highest BCUT2D eigenvalue weighted by atomic mass is 32.2. The van der Waals surface area contributed by atoms with Crippen LogP contribution in [0.15, 0.2) is 28.8 Å². The number of benzene rings is 1. The summed E-state index contributed by atoms with van der Waals surface area (Å²) in [6.45, 7) is 1.12. The van der Waals surface area contributed by atoms with E-state index in [9.17, 15) is 0 Å². The molecule has 130 valence electrons. The molecule has 5 nitrogen and oxygen atoms in total. The minimum atomic E-state index is 0.646. The molecule has 1 N–H and O–H groups in total. The van der Waals surface area contributed by atoms with Crippen molar-refractivity contribution in [2.24, 2.45) is 0 Å². The number of ether oxygens (including phenoxy) is 1. The fourth-order valence-corrected chi connectivity index (χ4v) is 3.98. The maximum Gasteiger partial charge on any atom is 0.226 e. The molecule has 3 rings (SSSR count). The second kappa shape index (κ2) is 9.08. The van der Waals surface area contributed by atoms with Gasteiger partial charge in [0.25, 0.3) is 0 Å². The topological polar surface area (TPSA) is 60.2 Å². The van der Waals surface area contributed by atoms with E-state index in [1.54, 1.807) is 7.11 Å². The van der Waals surface area contributed by atoms with Gasteiger partial charge in [0.05, 0.1) is 7.11 Å². The van der Waals surface area contributed by atoms with Crippen molar-refractivity contribution in [1.82, 2.24) is 15.5 Å². The minimum absolute atomic E-state index is 0.646. The first-order valence-electron chi connectivity index (χ1n) is 8.63. The Kier molecular flexibility index (Phi) is 6.55. The Morgan fingerprint density at radius 1 is 1.25 bits per heavy atom. The van der Waals surface area contributed by atoms with Gasteiger partial charge in [0.1, 0.15) is 5.75 Å². The Morgan fingerprint density at radius 3 is 2.88 bits per heavy atom. The molecule has 1 fully saturated rings. The van der Waals surface area contributed by atoms with Gasteiger partial charge in [-0.1, -0.05) is 11.6 Å². The molecule has 0 unspecified atom stereocenters. The lowest BCUT2D eigenvalue weighted by atomic mass is 10.2. The van der Waals surface area contributed by atoms with E-state index in [-0.39, 0.29) is 0 Å². The van der Waals surface area contributed by atoms with Gasteiger partial charge < -0.3 is 14.6 Å². The fourth-order valence-electron chi connectivity index (χ4n) is 2.79. The molecule has 2 heterocycles. The second-order valence-corrected chi connectivity index (χ2v) is 7.22. The zero-order chi connectivity index (χ0) is 16.6. The molecule has 0 radical (unpaired) electrons. The maximum absolute atomic E-state index is 5.35. The second-order valence-electron chi connectivity index (χ2n) is 6.07. The summed E-state index contributed by atoms with van der Waals surface area (Å²) in [5.74, 6) is 4.78. The molecular formula is C18H25N3O2S. The molecule has 0 aliphatic carbocycles. The molecule has 0 saturated carbocycles. The van der Waals surface area contributed by atoms with Crippen LogP contribution in [0, 0.1) is 0 Å². The normalized spacial score (nSPS) is 17.3. The van der Waals surface area contributed by atoms with Crippen molar-refractivity contribution in [1.29, 1.82) is 0 Å². The highest BCUT2D eigenvalue weighted by Crippen LogP contribution is 2.20. The van der Waals surface area contributed by atoms with E-state index >= 15 is 0 Å². The summed E-state index contributed by atoms with van der Waals surface area (Å²) in [6, 6.07) is 8.43. The summed E-state index contributed by atoms with van der Waals surface area (Å²) in [5, 5.41) is 7.70. The summed E-state index contributed by atoms with van der Waals surface area (Å²) in [4.78, 5) is 4.48. The number of rotatable bonds is 9. The van der Waals surface area contributed by atoms with Crippen molar-refractivity contribution in [3.8, 4) is 17.1 Å². The number of hydrogen-bond donors (Lipinski definition) is 1. The third kappa shape index (κ3) is 4.98. The first-order valence-corrected chi connectivity index (χ1v) is 9.79. The fraction of sp³-hybridized carbons (Fsp3) is 0.556. The van der Waals surface area contributed by atoms with Crippen LogP contribution in [-0.2, 0) is 6.42 Å². The average Bonchev–Trinajstić information content (AvgIpc) is 3.30. The third-order valence-electron chi connectivity index (χ3n) is 4.25. The largest absolute Gasteiger partial charge is 0.497 e. The highest BCUT2D eigenvalue weighted by molar-refractivity contribution is 7.99. The molecule has 24 heavy (non-hydrogen) atoms. The molecule has 6 heteroatoms. The van der Waals surface area contributed by atoms with Gasteiger partial charge in [-0.15, -0.1) is 0 Å². The molecule has 0 amide bonds. The molecular weight excluding hydrogens is 322 g/mol. The number of thioether (sulfide) groups is 1.